The molecule has 0 heterocycles. The first-order chi connectivity index (χ1) is 12.0. The van der Waals surface area contributed by atoms with Crippen LogP contribution < -0.4 is 4.74 Å². The molecule has 0 aliphatic carbocycles. The van der Waals surface area contributed by atoms with Gasteiger partial charge in [-0.3, -0.25) is 4.79 Å². The Kier molecular flexibility index (Phi) is 7.53. The molecule has 1 aromatic carbocycles. The third-order valence-electron chi connectivity index (χ3n) is 3.55. The lowest BCUT2D eigenvalue weighted by molar-refractivity contribution is -0.158. The van der Waals surface area contributed by atoms with Gasteiger partial charge in [-0.2, -0.15) is 8.78 Å². The second-order valence-corrected chi connectivity index (χ2v) is 6.46. The number of esters is 2. The molecule has 0 fully saturated rings. The van der Waals surface area contributed by atoms with Gasteiger partial charge in [0, 0.05) is 0 Å². The molecule has 1 rings (SSSR count). The molecule has 0 saturated carbocycles. The van der Waals surface area contributed by atoms with Gasteiger partial charge in [0.2, 0.25) is 34.8 Å². The monoisotopic (exact) mass is 382 g/mol. The van der Waals surface area contributed by atoms with Gasteiger partial charge in [-0.15, -0.1) is 0 Å². The fraction of sp³-hybridized carbons (Fsp3) is 0.529. The van der Waals surface area contributed by atoms with E-state index in [9.17, 15) is 31.5 Å². The molecule has 1 unspecified atom stereocenters. The molecular weight excluding hydrogens is 363 g/mol. The highest BCUT2D eigenvalue weighted by Gasteiger charge is 2.30. The molecule has 0 saturated heterocycles. The summed E-state index contributed by atoms with van der Waals surface area (Å²) in [5.41, 5.74) is 0. The zero-order chi connectivity index (χ0) is 20.2. The van der Waals surface area contributed by atoms with Gasteiger partial charge < -0.3 is 9.47 Å². The first-order valence-electron chi connectivity index (χ1n) is 7.86. The van der Waals surface area contributed by atoms with Gasteiger partial charge in [0.05, 0.1) is 5.92 Å². The second kappa shape index (κ2) is 8.95. The molecular formula is C17H19F5O4. The zero-order valence-corrected chi connectivity index (χ0v) is 14.7. The van der Waals surface area contributed by atoms with Crippen LogP contribution in [0, 0.1) is 46.8 Å². The molecule has 0 radical (unpaired) electrons. The zero-order valence-electron chi connectivity index (χ0n) is 14.7. The highest BCUT2D eigenvalue weighted by atomic mass is 19.2. The number of hydrogen-bond acceptors (Lipinski definition) is 4. The summed E-state index contributed by atoms with van der Waals surface area (Å²) in [4.78, 5) is 23.6. The van der Waals surface area contributed by atoms with Crippen LogP contribution in [0.25, 0.3) is 0 Å². The maximum atomic E-state index is 13.4. The van der Waals surface area contributed by atoms with Gasteiger partial charge in [0.1, 0.15) is 0 Å². The minimum absolute atomic E-state index is 0.0869. The van der Waals surface area contributed by atoms with Crippen LogP contribution in [0.15, 0.2) is 0 Å². The second-order valence-electron chi connectivity index (χ2n) is 6.46. The van der Waals surface area contributed by atoms with Crippen molar-refractivity contribution in [3.8, 4) is 5.75 Å². The molecule has 0 aromatic heterocycles. The summed E-state index contributed by atoms with van der Waals surface area (Å²) in [6, 6.07) is 0. The first kappa shape index (κ1) is 21.9. The maximum absolute atomic E-state index is 13.4. The normalized spacial score (nSPS) is 12.4. The molecule has 1 atom stereocenters. The van der Waals surface area contributed by atoms with E-state index in [4.69, 9.17) is 4.74 Å². The lowest BCUT2D eigenvalue weighted by atomic mass is 9.88. The summed E-state index contributed by atoms with van der Waals surface area (Å²) >= 11 is 0. The van der Waals surface area contributed by atoms with Crippen LogP contribution in [0.3, 0.4) is 0 Å². The van der Waals surface area contributed by atoms with Crippen molar-refractivity contribution in [2.45, 2.75) is 34.1 Å². The summed E-state index contributed by atoms with van der Waals surface area (Å²) in [5, 5.41) is 0. The molecule has 0 N–H and O–H groups in total. The third kappa shape index (κ3) is 5.15. The summed E-state index contributed by atoms with van der Waals surface area (Å²) in [6.07, 6.45) is 0.489. The summed E-state index contributed by atoms with van der Waals surface area (Å²) < 4.78 is 74.8. The van der Waals surface area contributed by atoms with Crippen molar-refractivity contribution < 1.29 is 41.0 Å². The van der Waals surface area contributed by atoms with Crippen LogP contribution in [0.5, 0.6) is 5.75 Å². The largest absolute Gasteiger partial charge is 0.453 e. The van der Waals surface area contributed by atoms with E-state index in [0.29, 0.717) is 6.42 Å². The highest BCUT2D eigenvalue weighted by molar-refractivity contribution is 5.79. The van der Waals surface area contributed by atoms with Gasteiger partial charge in [-0.05, 0) is 18.3 Å². The van der Waals surface area contributed by atoms with Crippen LogP contribution in [-0.4, -0.2) is 18.5 Å². The molecule has 0 bridgehead atoms. The van der Waals surface area contributed by atoms with Crippen molar-refractivity contribution in [2.24, 2.45) is 17.8 Å². The maximum Gasteiger partial charge on any atom is 0.349 e. The van der Waals surface area contributed by atoms with Crippen molar-refractivity contribution in [1.29, 1.82) is 0 Å². The number of hydrogen-bond donors (Lipinski definition) is 0. The van der Waals surface area contributed by atoms with Crippen molar-refractivity contribution in [2.75, 3.05) is 6.61 Å². The van der Waals surface area contributed by atoms with Gasteiger partial charge in [0.15, 0.2) is 6.61 Å². The molecule has 146 valence electrons. The molecule has 4 nitrogen and oxygen atoms in total. The Labute approximate surface area is 147 Å². The number of ether oxygens (including phenoxy) is 2. The Morgan fingerprint density at radius 1 is 0.846 bits per heavy atom. The third-order valence-corrected chi connectivity index (χ3v) is 3.55. The number of halogens is 5. The van der Waals surface area contributed by atoms with Crippen LogP contribution >= 0.6 is 0 Å². The van der Waals surface area contributed by atoms with Gasteiger partial charge in [0.25, 0.3) is 0 Å². The summed E-state index contributed by atoms with van der Waals surface area (Å²) in [6.45, 7) is 6.31. The van der Waals surface area contributed by atoms with Crippen molar-refractivity contribution >= 4 is 11.9 Å². The molecule has 0 aliphatic heterocycles. The lowest BCUT2D eigenvalue weighted by Gasteiger charge is -2.20. The van der Waals surface area contributed by atoms with Crippen molar-refractivity contribution in [3.05, 3.63) is 29.1 Å². The van der Waals surface area contributed by atoms with E-state index in [0.717, 1.165) is 0 Å². The van der Waals surface area contributed by atoms with Crippen LogP contribution in [0.2, 0.25) is 0 Å². The summed E-state index contributed by atoms with van der Waals surface area (Å²) in [5.74, 6) is -15.8. The SMILES string of the molecule is CC(C)CC(C(=O)OCC(=O)Oc1c(F)c(F)c(F)c(F)c1F)C(C)C. The highest BCUT2D eigenvalue weighted by Crippen LogP contribution is 2.29. The number of rotatable bonds is 7. The Bertz CT molecular complexity index is 659. The Hall–Kier alpha value is -2.19. The van der Waals surface area contributed by atoms with E-state index < -0.39 is 59.3 Å². The predicted octanol–water partition coefficient (Wildman–Crippen LogP) is 4.15. The van der Waals surface area contributed by atoms with Crippen molar-refractivity contribution in [1.82, 2.24) is 0 Å². The molecule has 0 aliphatic rings. The summed E-state index contributed by atoms with van der Waals surface area (Å²) in [7, 11) is 0. The number of carbonyl (C=O) groups excluding carboxylic acids is 2. The Morgan fingerprint density at radius 3 is 1.73 bits per heavy atom. The fourth-order valence-electron chi connectivity index (χ4n) is 2.20. The smallest absolute Gasteiger partial charge is 0.349 e. The average molecular weight is 382 g/mol. The fourth-order valence-corrected chi connectivity index (χ4v) is 2.20. The van der Waals surface area contributed by atoms with Crippen LogP contribution in [-0.2, 0) is 14.3 Å². The molecule has 0 amide bonds. The van der Waals surface area contributed by atoms with Crippen LogP contribution in [0.4, 0.5) is 22.0 Å². The molecule has 26 heavy (non-hydrogen) atoms. The standard InChI is InChI=1S/C17H19F5O4/c1-7(2)5-9(8(3)4)17(24)25-6-10(23)26-16-14(21)12(19)11(18)13(20)15(16)22/h7-9H,5-6H2,1-4H3. The Morgan fingerprint density at radius 2 is 1.31 bits per heavy atom. The lowest BCUT2D eigenvalue weighted by Crippen LogP contribution is -2.28. The Balaban J connectivity index is 2.81. The number of carbonyl (C=O) groups is 2. The number of benzene rings is 1. The van der Waals surface area contributed by atoms with E-state index in [-0.39, 0.29) is 11.8 Å². The minimum Gasteiger partial charge on any atom is -0.453 e. The topological polar surface area (TPSA) is 52.6 Å². The molecule has 9 heteroatoms. The van der Waals surface area contributed by atoms with E-state index in [2.05, 4.69) is 4.74 Å². The molecule has 0 spiro atoms. The first-order valence-corrected chi connectivity index (χ1v) is 7.86. The van der Waals surface area contributed by atoms with E-state index in [1.54, 1.807) is 13.8 Å². The van der Waals surface area contributed by atoms with E-state index >= 15 is 0 Å². The molecule has 1 aromatic rings. The van der Waals surface area contributed by atoms with Crippen molar-refractivity contribution in [3.63, 3.8) is 0 Å². The predicted molar refractivity (Wildman–Crippen MR) is 80.6 cm³/mol. The minimum atomic E-state index is -2.38. The quantitative estimate of drug-likeness (QED) is 0.234. The van der Waals surface area contributed by atoms with Gasteiger partial charge in [-0.25, -0.2) is 18.0 Å². The van der Waals surface area contributed by atoms with Crippen LogP contribution in [0.1, 0.15) is 34.1 Å². The average Bonchev–Trinajstić information content (AvgIpc) is 2.57. The van der Waals surface area contributed by atoms with Gasteiger partial charge >= 0.3 is 11.9 Å². The van der Waals surface area contributed by atoms with E-state index in [1.165, 1.54) is 0 Å². The van der Waals surface area contributed by atoms with Gasteiger partial charge in [-0.1, -0.05) is 27.7 Å². The van der Waals surface area contributed by atoms with E-state index in [1.807, 2.05) is 13.8 Å².